The van der Waals surface area contributed by atoms with Gasteiger partial charge in [-0.1, -0.05) is 22.0 Å². The average molecular weight is 224 g/mol. The molecule has 0 saturated carbocycles. The van der Waals surface area contributed by atoms with Crippen molar-refractivity contribution in [2.75, 3.05) is 0 Å². The van der Waals surface area contributed by atoms with E-state index in [4.69, 9.17) is 16.9 Å². The second kappa shape index (κ2) is 3.47. The van der Waals surface area contributed by atoms with E-state index in [0.717, 1.165) is 9.36 Å². The van der Waals surface area contributed by atoms with Crippen LogP contribution in [0.1, 0.15) is 5.69 Å². The molecule has 0 aliphatic heterocycles. The second-order valence-electron chi connectivity index (χ2n) is 2.38. The van der Waals surface area contributed by atoms with Crippen LogP contribution in [0.15, 0.2) is 12.4 Å². The van der Waals surface area contributed by atoms with Gasteiger partial charge in [0.1, 0.15) is 6.07 Å². The van der Waals surface area contributed by atoms with Crippen molar-refractivity contribution in [3.05, 3.63) is 23.2 Å². The van der Waals surface area contributed by atoms with Gasteiger partial charge in [0, 0.05) is 0 Å². The maximum Gasteiger partial charge on any atom is 0.373 e. The maximum absolute atomic E-state index is 11.6. The molecule has 0 fully saturated rings. The molecule has 2 aromatic rings. The first kappa shape index (κ1) is 9.29. The van der Waals surface area contributed by atoms with Gasteiger partial charge in [-0.25, -0.2) is 4.79 Å². The quantitative estimate of drug-likeness (QED) is 0.618. The molecule has 0 aliphatic carbocycles. The van der Waals surface area contributed by atoms with E-state index in [1.165, 1.54) is 12.4 Å². The van der Waals surface area contributed by atoms with E-state index >= 15 is 0 Å². The second-order valence-corrected chi connectivity index (χ2v) is 2.74. The molecule has 15 heavy (non-hydrogen) atoms. The summed E-state index contributed by atoms with van der Waals surface area (Å²) in [5.41, 5.74) is -0.120. The minimum Gasteiger partial charge on any atom is -0.243 e. The van der Waals surface area contributed by atoms with Gasteiger partial charge in [0.05, 0.1) is 12.4 Å². The van der Waals surface area contributed by atoms with Crippen LogP contribution in [-0.2, 0) is 0 Å². The highest BCUT2D eigenvalue weighted by Gasteiger charge is 2.17. The zero-order valence-corrected chi connectivity index (χ0v) is 7.83. The van der Waals surface area contributed by atoms with Gasteiger partial charge in [0.25, 0.3) is 0 Å². The minimum atomic E-state index is -0.661. The molecule has 0 N–H and O–H groups in total. The van der Waals surface area contributed by atoms with E-state index < -0.39 is 6.03 Å². The average Bonchev–Trinajstić information content (AvgIpc) is 2.85. The lowest BCUT2D eigenvalue weighted by Crippen LogP contribution is -2.21. The molecule has 0 aliphatic rings. The van der Waals surface area contributed by atoms with Crippen molar-refractivity contribution in [2.24, 2.45) is 0 Å². The summed E-state index contributed by atoms with van der Waals surface area (Å²) in [6, 6.07) is 1.03. The highest BCUT2D eigenvalue weighted by molar-refractivity contribution is 6.31. The fraction of sp³-hybridized carbons (Fsp3) is 0. The molecule has 0 bridgehead atoms. The highest BCUT2D eigenvalue weighted by atomic mass is 35.5. The number of rotatable bonds is 0. The largest absolute Gasteiger partial charge is 0.373 e. The SMILES string of the molecule is N#Cc1nnn(C(=O)n2ccnn2)c1Cl. The van der Waals surface area contributed by atoms with Crippen molar-refractivity contribution in [1.29, 1.82) is 5.26 Å². The third-order valence-corrected chi connectivity index (χ3v) is 1.86. The third kappa shape index (κ3) is 1.44. The van der Waals surface area contributed by atoms with Gasteiger partial charge in [-0.05, 0) is 0 Å². The molecule has 0 saturated heterocycles. The molecule has 0 amide bonds. The predicted molar refractivity (Wildman–Crippen MR) is 46.0 cm³/mol. The molecule has 2 aromatic heterocycles. The lowest BCUT2D eigenvalue weighted by atomic mass is 10.5. The molecule has 74 valence electrons. The molecule has 2 rings (SSSR count). The van der Waals surface area contributed by atoms with E-state index in [2.05, 4.69) is 20.6 Å². The van der Waals surface area contributed by atoms with Crippen LogP contribution in [0, 0.1) is 11.3 Å². The highest BCUT2D eigenvalue weighted by Crippen LogP contribution is 2.11. The first-order valence-corrected chi connectivity index (χ1v) is 4.04. The van der Waals surface area contributed by atoms with Gasteiger partial charge >= 0.3 is 6.03 Å². The number of nitriles is 1. The van der Waals surface area contributed by atoms with Crippen LogP contribution in [0.3, 0.4) is 0 Å². The van der Waals surface area contributed by atoms with E-state index in [-0.39, 0.29) is 10.8 Å². The standard InChI is InChI=1S/C6H2ClN7O/c7-5-4(3-8)10-12-14(5)6(15)13-2-1-9-11-13/h1-2H. The Morgan fingerprint density at radius 3 is 2.87 bits per heavy atom. The van der Waals surface area contributed by atoms with Crippen molar-refractivity contribution >= 4 is 17.6 Å². The Bertz CT molecular complexity index is 536. The molecule has 2 heterocycles. The number of carbonyl (C=O) groups excluding carboxylic acids is 1. The Kier molecular flexibility index (Phi) is 2.15. The molecule has 9 heteroatoms. The molecular weight excluding hydrogens is 222 g/mol. The zero-order valence-electron chi connectivity index (χ0n) is 7.07. The van der Waals surface area contributed by atoms with Gasteiger partial charge in [-0.15, -0.1) is 14.9 Å². The summed E-state index contributed by atoms with van der Waals surface area (Å²) in [7, 11) is 0. The van der Waals surface area contributed by atoms with Crippen molar-refractivity contribution in [3.63, 3.8) is 0 Å². The summed E-state index contributed by atoms with van der Waals surface area (Å²) in [6.45, 7) is 0. The smallest absolute Gasteiger partial charge is 0.243 e. The fourth-order valence-corrected chi connectivity index (χ4v) is 1.05. The van der Waals surface area contributed by atoms with E-state index in [0.29, 0.717) is 0 Å². The molecule has 8 nitrogen and oxygen atoms in total. The van der Waals surface area contributed by atoms with Crippen molar-refractivity contribution < 1.29 is 4.79 Å². The van der Waals surface area contributed by atoms with E-state index in [9.17, 15) is 4.79 Å². The van der Waals surface area contributed by atoms with Crippen LogP contribution < -0.4 is 0 Å². The Hall–Kier alpha value is -2.27. The van der Waals surface area contributed by atoms with Crippen LogP contribution in [0.2, 0.25) is 5.15 Å². The zero-order chi connectivity index (χ0) is 10.8. The number of hydrogen-bond donors (Lipinski definition) is 0. The summed E-state index contributed by atoms with van der Waals surface area (Å²) in [5.74, 6) is 0. The molecule has 0 spiro atoms. The lowest BCUT2D eigenvalue weighted by molar-refractivity contribution is 0.237. The van der Waals surface area contributed by atoms with Gasteiger partial charge in [-0.3, -0.25) is 0 Å². The maximum atomic E-state index is 11.6. The monoisotopic (exact) mass is 223 g/mol. The molecule has 0 atom stereocenters. The van der Waals surface area contributed by atoms with Crippen LogP contribution in [0.25, 0.3) is 0 Å². The van der Waals surface area contributed by atoms with Crippen molar-refractivity contribution in [2.45, 2.75) is 0 Å². The van der Waals surface area contributed by atoms with Gasteiger partial charge in [-0.2, -0.15) is 9.94 Å². The normalized spacial score (nSPS) is 9.87. The molecule has 0 radical (unpaired) electrons. The number of nitrogens with zero attached hydrogens (tertiary/aromatic N) is 7. The van der Waals surface area contributed by atoms with Gasteiger partial charge in [0.15, 0.2) is 5.15 Å². The molecular formula is C6H2ClN7O. The van der Waals surface area contributed by atoms with E-state index in [1.54, 1.807) is 6.07 Å². The lowest BCUT2D eigenvalue weighted by Gasteiger charge is -1.97. The first-order valence-electron chi connectivity index (χ1n) is 3.66. The molecule has 0 aromatic carbocycles. The Morgan fingerprint density at radius 2 is 2.33 bits per heavy atom. The Labute approximate surface area is 87.7 Å². The first-order chi connectivity index (χ1) is 7.24. The third-order valence-electron chi connectivity index (χ3n) is 1.52. The Morgan fingerprint density at radius 1 is 1.53 bits per heavy atom. The molecule has 0 unspecified atom stereocenters. The summed E-state index contributed by atoms with van der Waals surface area (Å²) in [4.78, 5) is 11.6. The van der Waals surface area contributed by atoms with Gasteiger partial charge in [0.2, 0.25) is 5.69 Å². The van der Waals surface area contributed by atoms with Crippen molar-refractivity contribution in [1.82, 2.24) is 30.0 Å². The van der Waals surface area contributed by atoms with Crippen LogP contribution in [0.5, 0.6) is 0 Å². The van der Waals surface area contributed by atoms with Crippen LogP contribution in [0.4, 0.5) is 4.79 Å². The van der Waals surface area contributed by atoms with Gasteiger partial charge < -0.3 is 0 Å². The number of carbonyl (C=O) groups is 1. The summed E-state index contributed by atoms with van der Waals surface area (Å²) in [5, 5.41) is 22.1. The number of halogens is 1. The van der Waals surface area contributed by atoms with E-state index in [1.807, 2.05) is 0 Å². The minimum absolute atomic E-state index is 0.120. The predicted octanol–water partition coefficient (Wildman–Crippen LogP) is -0.0889. The summed E-state index contributed by atoms with van der Waals surface area (Å²) in [6.07, 6.45) is 2.65. The number of hydrogen-bond acceptors (Lipinski definition) is 6. The number of aromatic nitrogens is 6. The topological polar surface area (TPSA) is 102 Å². The summed E-state index contributed by atoms with van der Waals surface area (Å²) >= 11 is 5.67. The fourth-order valence-electron chi connectivity index (χ4n) is 0.868. The van der Waals surface area contributed by atoms with Crippen molar-refractivity contribution in [3.8, 4) is 6.07 Å². The van der Waals surface area contributed by atoms with Crippen LogP contribution in [-0.4, -0.2) is 36.0 Å². The van der Waals surface area contributed by atoms with Crippen LogP contribution >= 0.6 is 11.6 Å². The summed E-state index contributed by atoms with van der Waals surface area (Å²) < 4.78 is 1.68. The Balaban J connectivity index is 2.44.